The molecule has 4 aromatic heterocycles. The van der Waals surface area contributed by atoms with Crippen LogP contribution in [0.25, 0.3) is 16.8 Å². The van der Waals surface area contributed by atoms with Gasteiger partial charge in [0.1, 0.15) is 29.5 Å². The van der Waals surface area contributed by atoms with Crippen molar-refractivity contribution >= 4 is 29.2 Å². The maximum atomic E-state index is 12.4. The number of carbonyl (C=O) groups excluding carboxylic acids is 1. The summed E-state index contributed by atoms with van der Waals surface area (Å²) in [5, 5.41) is 21.2. The van der Waals surface area contributed by atoms with Crippen LogP contribution in [0.1, 0.15) is 43.5 Å². The molecule has 1 fully saturated rings. The summed E-state index contributed by atoms with van der Waals surface area (Å²) in [6.07, 6.45) is 3.99. The van der Waals surface area contributed by atoms with E-state index in [1.165, 1.54) is 6.07 Å². The number of aromatic nitrogens is 6. The number of aryl methyl sites for hydroxylation is 2. The molecule has 1 atom stereocenters. The predicted molar refractivity (Wildman–Crippen MR) is 141 cm³/mol. The normalized spacial score (nSPS) is 15.2. The zero-order valence-electron chi connectivity index (χ0n) is 22.4. The van der Waals surface area contributed by atoms with Gasteiger partial charge in [-0.2, -0.15) is 10.2 Å². The molecule has 204 valence electrons. The van der Waals surface area contributed by atoms with Crippen LogP contribution in [-0.4, -0.2) is 76.2 Å². The minimum atomic E-state index is -1.13. The van der Waals surface area contributed by atoms with Gasteiger partial charge in [0.05, 0.1) is 17.8 Å². The number of carboxylic acid groups (broad SMARTS) is 1. The Morgan fingerprint density at radius 1 is 1.18 bits per heavy atom. The number of ether oxygens (including phenoxy) is 2. The number of aromatic carboxylic acids is 1. The third kappa shape index (κ3) is 5.61. The summed E-state index contributed by atoms with van der Waals surface area (Å²) < 4.78 is 15.1. The number of amides is 1. The van der Waals surface area contributed by atoms with Gasteiger partial charge in [-0.15, -0.1) is 0 Å². The summed E-state index contributed by atoms with van der Waals surface area (Å²) in [6, 6.07) is 6.97. The maximum absolute atomic E-state index is 12.4. The number of pyridine rings is 1. The number of anilines is 2. The van der Waals surface area contributed by atoms with Crippen molar-refractivity contribution in [1.29, 1.82) is 0 Å². The lowest BCUT2D eigenvalue weighted by Crippen LogP contribution is -2.55. The number of nitrogens with zero attached hydrogens (tertiary/aromatic N) is 7. The van der Waals surface area contributed by atoms with E-state index in [0.29, 0.717) is 36.4 Å². The van der Waals surface area contributed by atoms with Gasteiger partial charge in [-0.05, 0) is 46.2 Å². The second-order valence-corrected chi connectivity index (χ2v) is 10.3. The molecule has 5 heterocycles. The first-order chi connectivity index (χ1) is 18.5. The summed E-state index contributed by atoms with van der Waals surface area (Å²) in [5.74, 6) is 0.640. The number of likely N-dealkylation sites (tertiary alicyclic amines) is 1. The van der Waals surface area contributed by atoms with Crippen LogP contribution in [0.4, 0.5) is 16.4 Å². The highest BCUT2D eigenvalue weighted by molar-refractivity contribution is 5.86. The second kappa shape index (κ2) is 9.89. The molecule has 0 saturated carbocycles. The topological polar surface area (TPSA) is 149 Å². The van der Waals surface area contributed by atoms with Gasteiger partial charge in [-0.3, -0.25) is 4.68 Å². The first kappa shape index (κ1) is 25.9. The molecule has 13 heteroatoms. The van der Waals surface area contributed by atoms with Crippen molar-refractivity contribution in [3.05, 3.63) is 48.2 Å². The molecule has 0 spiro atoms. The Labute approximate surface area is 224 Å². The Morgan fingerprint density at radius 2 is 1.97 bits per heavy atom. The standard InChI is InChI=1S/C26H30N8O5/c1-15-28-19(24(35)36)12-21(29-15)30-22-11-18-10-16(6-9-34(18)31-22)23-20(13-27-32(23)5)38-14-17-7-8-33(17)25(37)39-26(2,3)4/h6,9-13,17H,7-8,14H2,1-5H3,(H,35,36)(H,28,29,30,31). The summed E-state index contributed by atoms with van der Waals surface area (Å²) in [5.41, 5.74) is 1.80. The van der Waals surface area contributed by atoms with Gasteiger partial charge in [-0.1, -0.05) is 0 Å². The molecule has 1 aliphatic heterocycles. The number of carboxylic acids is 1. The van der Waals surface area contributed by atoms with E-state index >= 15 is 0 Å². The summed E-state index contributed by atoms with van der Waals surface area (Å²) in [6.45, 7) is 8.14. The van der Waals surface area contributed by atoms with E-state index in [4.69, 9.17) is 9.47 Å². The van der Waals surface area contributed by atoms with Crippen LogP contribution >= 0.6 is 0 Å². The van der Waals surface area contributed by atoms with Gasteiger partial charge >= 0.3 is 12.1 Å². The van der Waals surface area contributed by atoms with Gasteiger partial charge in [-0.25, -0.2) is 24.1 Å². The molecule has 0 bridgehead atoms. The van der Waals surface area contributed by atoms with Crippen molar-refractivity contribution in [2.24, 2.45) is 7.05 Å². The molecule has 0 aromatic carbocycles. The van der Waals surface area contributed by atoms with Crippen molar-refractivity contribution in [1.82, 2.24) is 34.3 Å². The van der Waals surface area contributed by atoms with E-state index in [1.807, 2.05) is 52.2 Å². The third-order valence-corrected chi connectivity index (χ3v) is 6.16. The number of carbonyl (C=O) groups is 2. The van der Waals surface area contributed by atoms with E-state index in [-0.39, 0.29) is 17.8 Å². The Kier molecular flexibility index (Phi) is 6.58. The lowest BCUT2D eigenvalue weighted by molar-refractivity contribution is -0.0141. The van der Waals surface area contributed by atoms with Crippen LogP contribution in [0.3, 0.4) is 0 Å². The van der Waals surface area contributed by atoms with Gasteiger partial charge < -0.3 is 24.8 Å². The first-order valence-electron chi connectivity index (χ1n) is 12.5. The highest BCUT2D eigenvalue weighted by atomic mass is 16.6. The number of rotatable bonds is 7. The summed E-state index contributed by atoms with van der Waals surface area (Å²) >= 11 is 0. The van der Waals surface area contributed by atoms with Crippen LogP contribution in [0, 0.1) is 6.92 Å². The van der Waals surface area contributed by atoms with Crippen molar-refractivity contribution in [3.63, 3.8) is 0 Å². The van der Waals surface area contributed by atoms with Crippen LogP contribution < -0.4 is 10.1 Å². The smallest absolute Gasteiger partial charge is 0.410 e. The fourth-order valence-corrected chi connectivity index (χ4v) is 4.29. The molecule has 4 aromatic rings. The van der Waals surface area contributed by atoms with E-state index in [1.54, 1.807) is 27.2 Å². The zero-order chi connectivity index (χ0) is 27.9. The van der Waals surface area contributed by atoms with Crippen LogP contribution in [0.2, 0.25) is 0 Å². The van der Waals surface area contributed by atoms with Crippen molar-refractivity contribution < 1.29 is 24.2 Å². The van der Waals surface area contributed by atoms with Gasteiger partial charge in [0.2, 0.25) is 0 Å². The van der Waals surface area contributed by atoms with Crippen LogP contribution in [0.5, 0.6) is 5.75 Å². The minimum Gasteiger partial charge on any atom is -0.487 e. The first-order valence-corrected chi connectivity index (χ1v) is 12.5. The largest absolute Gasteiger partial charge is 0.487 e. The predicted octanol–water partition coefficient (Wildman–Crippen LogP) is 3.66. The maximum Gasteiger partial charge on any atom is 0.410 e. The van der Waals surface area contributed by atoms with Gasteiger partial charge in [0, 0.05) is 37.5 Å². The lowest BCUT2D eigenvalue weighted by Gasteiger charge is -2.40. The monoisotopic (exact) mass is 534 g/mol. The molecule has 13 nitrogen and oxygen atoms in total. The third-order valence-electron chi connectivity index (χ3n) is 6.16. The Morgan fingerprint density at radius 3 is 2.67 bits per heavy atom. The van der Waals surface area contributed by atoms with E-state index in [2.05, 4.69) is 25.5 Å². The second-order valence-electron chi connectivity index (χ2n) is 10.3. The number of hydrogen-bond acceptors (Lipinski definition) is 9. The molecule has 2 N–H and O–H groups in total. The molecule has 1 amide bonds. The quantitative estimate of drug-likeness (QED) is 0.360. The summed E-state index contributed by atoms with van der Waals surface area (Å²) in [7, 11) is 1.84. The van der Waals surface area contributed by atoms with Crippen molar-refractivity contribution in [3.8, 4) is 17.0 Å². The van der Waals surface area contributed by atoms with Crippen molar-refractivity contribution in [2.45, 2.75) is 45.8 Å². The van der Waals surface area contributed by atoms with Gasteiger partial charge in [0.15, 0.2) is 17.3 Å². The fourth-order valence-electron chi connectivity index (χ4n) is 4.29. The molecule has 0 radical (unpaired) electrons. The average molecular weight is 535 g/mol. The molecule has 1 unspecified atom stereocenters. The van der Waals surface area contributed by atoms with E-state index < -0.39 is 11.6 Å². The molecular weight excluding hydrogens is 504 g/mol. The highest BCUT2D eigenvalue weighted by Gasteiger charge is 2.36. The molecular formula is C26H30N8O5. The zero-order valence-corrected chi connectivity index (χ0v) is 22.4. The number of fused-ring (bicyclic) bond motifs is 1. The van der Waals surface area contributed by atoms with Crippen molar-refractivity contribution in [2.75, 3.05) is 18.5 Å². The number of hydrogen-bond donors (Lipinski definition) is 2. The highest BCUT2D eigenvalue weighted by Crippen LogP contribution is 2.32. The SMILES string of the molecule is Cc1nc(Nc2cc3cc(-c4c(OCC5CCN5C(=O)OC(C)(C)C)cnn4C)ccn3n2)cc(C(=O)O)n1. The van der Waals surface area contributed by atoms with Crippen LogP contribution in [0.15, 0.2) is 36.7 Å². The van der Waals surface area contributed by atoms with Gasteiger partial charge in [0.25, 0.3) is 0 Å². The average Bonchev–Trinajstić information content (AvgIpc) is 3.38. The molecule has 1 aliphatic rings. The molecule has 1 saturated heterocycles. The van der Waals surface area contributed by atoms with E-state index in [9.17, 15) is 14.7 Å². The Hall–Kier alpha value is -4.68. The van der Waals surface area contributed by atoms with E-state index in [0.717, 1.165) is 23.2 Å². The molecule has 0 aliphatic carbocycles. The Balaban J connectivity index is 1.32. The Bertz CT molecular complexity index is 1550. The number of nitrogens with one attached hydrogen (secondary N) is 1. The minimum absolute atomic E-state index is 0.0640. The summed E-state index contributed by atoms with van der Waals surface area (Å²) in [4.78, 5) is 33.6. The molecule has 5 rings (SSSR count). The van der Waals surface area contributed by atoms with Crippen LogP contribution in [-0.2, 0) is 11.8 Å². The fraction of sp³-hybridized carbons (Fsp3) is 0.385. The lowest BCUT2D eigenvalue weighted by atomic mass is 10.1. The molecule has 39 heavy (non-hydrogen) atoms.